The molecule has 21 heavy (non-hydrogen) atoms. The molecule has 0 bridgehead atoms. The summed E-state index contributed by atoms with van der Waals surface area (Å²) in [5, 5.41) is 1.74. The van der Waals surface area contributed by atoms with E-state index in [4.69, 9.17) is 4.55 Å². The molecular formula is C15H25NO3S2. The van der Waals surface area contributed by atoms with Gasteiger partial charge < -0.3 is 4.90 Å². The van der Waals surface area contributed by atoms with Crippen LogP contribution in [0.2, 0.25) is 0 Å². The van der Waals surface area contributed by atoms with Crippen LogP contribution in [0.1, 0.15) is 44.9 Å². The molecule has 3 rings (SSSR count). The number of thioether (sulfide) groups is 1. The number of fused-ring (bicyclic) bond motifs is 3. The van der Waals surface area contributed by atoms with Crippen molar-refractivity contribution in [3.63, 3.8) is 0 Å². The highest BCUT2D eigenvalue weighted by Gasteiger charge is 2.47. The van der Waals surface area contributed by atoms with Gasteiger partial charge in [0.2, 0.25) is 0 Å². The second kappa shape index (κ2) is 6.13. The molecule has 1 heterocycles. The lowest BCUT2D eigenvalue weighted by Gasteiger charge is -2.45. The number of hydrogen-bond acceptors (Lipinski definition) is 4. The van der Waals surface area contributed by atoms with Crippen LogP contribution in [0.4, 0.5) is 0 Å². The van der Waals surface area contributed by atoms with Crippen LogP contribution >= 0.6 is 11.8 Å². The fourth-order valence-corrected chi connectivity index (χ4v) is 6.46. The Labute approximate surface area is 132 Å². The lowest BCUT2D eigenvalue weighted by Crippen LogP contribution is -2.48. The molecular weight excluding hydrogens is 306 g/mol. The molecule has 2 aliphatic carbocycles. The van der Waals surface area contributed by atoms with E-state index in [0.29, 0.717) is 24.3 Å². The highest BCUT2D eigenvalue weighted by Crippen LogP contribution is 2.52. The van der Waals surface area contributed by atoms with Gasteiger partial charge in [-0.3, -0.25) is 4.55 Å². The highest BCUT2D eigenvalue weighted by molar-refractivity contribution is 8.03. The maximum atomic E-state index is 10.9. The minimum Gasteiger partial charge on any atom is -0.362 e. The van der Waals surface area contributed by atoms with Crippen LogP contribution in [0.5, 0.6) is 0 Å². The third kappa shape index (κ3) is 3.42. The Balaban J connectivity index is 1.68. The van der Waals surface area contributed by atoms with Gasteiger partial charge in [0.05, 0.1) is 10.8 Å². The predicted octanol–water partition coefficient (Wildman–Crippen LogP) is 3.12. The Morgan fingerprint density at radius 2 is 2.00 bits per heavy atom. The van der Waals surface area contributed by atoms with Crippen molar-refractivity contribution in [2.24, 2.45) is 11.8 Å². The van der Waals surface area contributed by atoms with Gasteiger partial charge in [-0.15, -0.1) is 11.8 Å². The number of hydrogen-bond donors (Lipinski definition) is 1. The smallest absolute Gasteiger partial charge is 0.264 e. The van der Waals surface area contributed by atoms with E-state index in [0.717, 1.165) is 16.9 Å². The average Bonchev–Trinajstić information content (AvgIpc) is 2.74. The first-order valence-corrected chi connectivity index (χ1v) is 10.5. The molecule has 0 aromatic carbocycles. The topological polar surface area (TPSA) is 57.6 Å². The van der Waals surface area contributed by atoms with Gasteiger partial charge in [-0.1, -0.05) is 25.8 Å². The van der Waals surface area contributed by atoms with E-state index in [9.17, 15) is 8.42 Å². The summed E-state index contributed by atoms with van der Waals surface area (Å²) in [5.74, 6) is 1.47. The fourth-order valence-electron chi connectivity index (χ4n) is 4.53. The van der Waals surface area contributed by atoms with Crippen molar-refractivity contribution in [3.8, 4) is 0 Å². The van der Waals surface area contributed by atoms with Gasteiger partial charge in [0, 0.05) is 17.8 Å². The van der Waals surface area contributed by atoms with Crippen LogP contribution in [0, 0.1) is 11.8 Å². The zero-order chi connectivity index (χ0) is 15.0. The summed E-state index contributed by atoms with van der Waals surface area (Å²) in [7, 11) is -3.85. The van der Waals surface area contributed by atoms with E-state index in [2.05, 4.69) is 11.5 Å². The Bertz CT molecular complexity index is 505. The minimum absolute atomic E-state index is 0.146. The molecule has 6 heteroatoms. The molecule has 0 radical (unpaired) electrons. The summed E-state index contributed by atoms with van der Waals surface area (Å²) in [6.07, 6.45) is 8.49. The third-order valence-corrected chi connectivity index (χ3v) is 7.51. The zero-order valence-corrected chi connectivity index (χ0v) is 14.0. The molecule has 2 saturated carbocycles. The molecule has 4 nitrogen and oxygen atoms in total. The fraction of sp³-hybridized carbons (Fsp3) is 0.867. The molecule has 0 aromatic heterocycles. The van der Waals surface area contributed by atoms with E-state index in [1.54, 1.807) is 0 Å². The first-order chi connectivity index (χ1) is 9.96. The molecule has 3 aliphatic rings. The predicted molar refractivity (Wildman–Crippen MR) is 86.7 cm³/mol. The van der Waals surface area contributed by atoms with E-state index >= 15 is 0 Å². The van der Waals surface area contributed by atoms with Crippen molar-refractivity contribution >= 4 is 21.9 Å². The Kier molecular flexibility index (Phi) is 4.58. The van der Waals surface area contributed by atoms with Crippen LogP contribution in [0.3, 0.4) is 0 Å². The molecule has 0 amide bonds. The van der Waals surface area contributed by atoms with Crippen molar-refractivity contribution in [2.45, 2.75) is 56.2 Å². The van der Waals surface area contributed by atoms with Gasteiger partial charge in [-0.05, 0) is 37.5 Å². The zero-order valence-electron chi connectivity index (χ0n) is 12.4. The second-order valence-corrected chi connectivity index (χ2v) is 9.54. The summed E-state index contributed by atoms with van der Waals surface area (Å²) in [5.41, 5.74) is 0. The standard InChI is InChI=1S/C15H25NO3S2/c1-11-16(9-4-10-21(17,18)19)15-13-6-3-2-5-12(13)7-8-14(15)20-11/h12-15H,1-10H2,(H,17,18,19). The summed E-state index contributed by atoms with van der Waals surface area (Å²) in [6, 6.07) is 0.544. The van der Waals surface area contributed by atoms with Gasteiger partial charge in [-0.2, -0.15) is 8.42 Å². The lowest BCUT2D eigenvalue weighted by atomic mass is 9.68. The van der Waals surface area contributed by atoms with Crippen LogP contribution in [-0.4, -0.2) is 41.5 Å². The van der Waals surface area contributed by atoms with Crippen molar-refractivity contribution in [1.82, 2.24) is 4.90 Å². The Hall–Kier alpha value is -0.200. The second-order valence-electron chi connectivity index (χ2n) is 6.66. The molecule has 1 saturated heterocycles. The van der Waals surface area contributed by atoms with Crippen molar-refractivity contribution in [3.05, 3.63) is 11.6 Å². The molecule has 120 valence electrons. The summed E-state index contributed by atoms with van der Waals surface area (Å²) in [4.78, 5) is 2.35. The van der Waals surface area contributed by atoms with E-state index < -0.39 is 10.1 Å². The van der Waals surface area contributed by atoms with E-state index in [1.165, 1.54) is 38.5 Å². The van der Waals surface area contributed by atoms with Gasteiger partial charge in [0.1, 0.15) is 0 Å². The number of nitrogens with zero attached hydrogens (tertiary/aromatic N) is 1. The van der Waals surface area contributed by atoms with Crippen molar-refractivity contribution in [1.29, 1.82) is 0 Å². The van der Waals surface area contributed by atoms with Gasteiger partial charge in [0.15, 0.2) is 0 Å². The quantitative estimate of drug-likeness (QED) is 0.802. The van der Waals surface area contributed by atoms with Crippen LogP contribution in [-0.2, 0) is 10.1 Å². The van der Waals surface area contributed by atoms with Gasteiger partial charge in [-0.25, -0.2) is 0 Å². The van der Waals surface area contributed by atoms with Crippen LogP contribution in [0.25, 0.3) is 0 Å². The van der Waals surface area contributed by atoms with Gasteiger partial charge in [0.25, 0.3) is 10.1 Å². The number of rotatable bonds is 4. The van der Waals surface area contributed by atoms with Crippen molar-refractivity contribution in [2.75, 3.05) is 12.3 Å². The summed E-state index contributed by atoms with van der Waals surface area (Å²) < 4.78 is 30.7. The SMILES string of the molecule is C=C1SC2CCC3CCCCC3C2N1CCCS(=O)(=O)O. The normalized spacial score (nSPS) is 36.4. The monoisotopic (exact) mass is 331 g/mol. The molecule has 0 aromatic rings. The minimum atomic E-state index is -3.85. The molecule has 4 atom stereocenters. The lowest BCUT2D eigenvalue weighted by molar-refractivity contribution is 0.0781. The average molecular weight is 332 g/mol. The van der Waals surface area contributed by atoms with Gasteiger partial charge >= 0.3 is 0 Å². The van der Waals surface area contributed by atoms with Crippen molar-refractivity contribution < 1.29 is 13.0 Å². The molecule has 1 aliphatic heterocycles. The molecule has 0 spiro atoms. The maximum Gasteiger partial charge on any atom is 0.264 e. The largest absolute Gasteiger partial charge is 0.362 e. The molecule has 3 fully saturated rings. The van der Waals surface area contributed by atoms with Crippen LogP contribution < -0.4 is 0 Å². The first-order valence-electron chi connectivity index (χ1n) is 8.03. The Morgan fingerprint density at radius 1 is 1.24 bits per heavy atom. The maximum absolute atomic E-state index is 10.9. The molecule has 1 N–H and O–H groups in total. The molecule has 4 unspecified atom stereocenters. The van der Waals surface area contributed by atoms with Crippen LogP contribution in [0.15, 0.2) is 11.6 Å². The summed E-state index contributed by atoms with van der Waals surface area (Å²) in [6.45, 7) is 4.89. The summed E-state index contributed by atoms with van der Waals surface area (Å²) >= 11 is 1.89. The van der Waals surface area contributed by atoms with E-state index in [1.807, 2.05) is 11.8 Å². The van der Waals surface area contributed by atoms with E-state index in [-0.39, 0.29) is 5.75 Å². The first kappa shape index (κ1) is 15.7. The highest BCUT2D eigenvalue weighted by atomic mass is 32.2. The Morgan fingerprint density at radius 3 is 2.76 bits per heavy atom. The third-order valence-electron chi connectivity index (χ3n) is 5.38.